The van der Waals surface area contributed by atoms with Crippen LogP contribution < -0.4 is 14.8 Å². The van der Waals surface area contributed by atoms with Crippen LogP contribution in [0.1, 0.15) is 11.1 Å². The van der Waals surface area contributed by atoms with E-state index in [0.29, 0.717) is 17.2 Å². The molecule has 0 fully saturated rings. The molecule has 0 aromatic heterocycles. The summed E-state index contributed by atoms with van der Waals surface area (Å²) in [5.41, 5.74) is 2.57. The first kappa shape index (κ1) is 14.8. The molecule has 0 saturated carbocycles. The Hall–Kier alpha value is -3.08. The lowest BCUT2D eigenvalue weighted by atomic mass is 10.1. The molecule has 1 amide bonds. The van der Waals surface area contributed by atoms with Gasteiger partial charge in [-0.1, -0.05) is 29.8 Å². The lowest BCUT2D eigenvalue weighted by molar-refractivity contribution is -0.128. The first-order valence-corrected chi connectivity index (χ1v) is 7.13. The molecule has 0 spiro atoms. The number of rotatable bonds is 3. The van der Waals surface area contributed by atoms with E-state index in [4.69, 9.17) is 9.47 Å². The molecule has 0 unspecified atom stereocenters. The van der Waals surface area contributed by atoms with Crippen LogP contribution in [-0.4, -0.2) is 18.5 Å². The van der Waals surface area contributed by atoms with E-state index in [9.17, 15) is 9.59 Å². The first-order valence-electron chi connectivity index (χ1n) is 7.13. The third kappa shape index (κ3) is 3.77. The van der Waals surface area contributed by atoms with Crippen LogP contribution in [0.3, 0.4) is 0 Å². The number of carbonyl (C=O) groups excluding carboxylic acids is 2. The van der Waals surface area contributed by atoms with Crippen molar-refractivity contribution in [2.24, 2.45) is 0 Å². The average molecular weight is 309 g/mol. The van der Waals surface area contributed by atoms with Gasteiger partial charge in [-0.2, -0.15) is 0 Å². The fourth-order valence-corrected chi connectivity index (χ4v) is 2.12. The Morgan fingerprint density at radius 1 is 1.22 bits per heavy atom. The molecule has 0 aliphatic carbocycles. The fraction of sp³-hybridized carbons (Fsp3) is 0.111. The summed E-state index contributed by atoms with van der Waals surface area (Å²) in [7, 11) is 0. The van der Waals surface area contributed by atoms with Gasteiger partial charge in [-0.3, -0.25) is 4.79 Å². The SMILES string of the molecule is Cc1ccc(/C=C/C(=O)Oc2ccc3c(c2)NC(=O)CO3)cc1. The van der Waals surface area contributed by atoms with Crippen molar-refractivity contribution in [1.82, 2.24) is 0 Å². The second-order valence-electron chi connectivity index (χ2n) is 5.16. The summed E-state index contributed by atoms with van der Waals surface area (Å²) in [5.74, 6) is 0.168. The van der Waals surface area contributed by atoms with Crippen LogP contribution >= 0.6 is 0 Å². The van der Waals surface area contributed by atoms with Gasteiger partial charge in [0.15, 0.2) is 6.61 Å². The van der Waals surface area contributed by atoms with E-state index in [1.54, 1.807) is 24.3 Å². The van der Waals surface area contributed by atoms with E-state index in [-0.39, 0.29) is 12.5 Å². The number of nitrogens with one attached hydrogen (secondary N) is 1. The van der Waals surface area contributed by atoms with Crippen molar-refractivity contribution >= 4 is 23.6 Å². The summed E-state index contributed by atoms with van der Waals surface area (Å²) in [4.78, 5) is 23.1. The van der Waals surface area contributed by atoms with Gasteiger partial charge in [0, 0.05) is 12.1 Å². The molecule has 0 saturated heterocycles. The van der Waals surface area contributed by atoms with Crippen LogP contribution in [0.15, 0.2) is 48.5 Å². The standard InChI is InChI=1S/C18H15NO4/c1-12-2-4-13(5-3-12)6-9-18(21)23-14-7-8-16-15(10-14)19-17(20)11-22-16/h2-10H,11H2,1H3,(H,19,20)/b9-6+. The van der Waals surface area contributed by atoms with Crippen molar-refractivity contribution in [1.29, 1.82) is 0 Å². The fourth-order valence-electron chi connectivity index (χ4n) is 2.12. The molecule has 2 aromatic carbocycles. The van der Waals surface area contributed by atoms with Crippen molar-refractivity contribution in [3.05, 3.63) is 59.7 Å². The largest absolute Gasteiger partial charge is 0.482 e. The number of ether oxygens (including phenoxy) is 2. The van der Waals surface area contributed by atoms with Crippen LogP contribution in [-0.2, 0) is 9.59 Å². The topological polar surface area (TPSA) is 64.6 Å². The van der Waals surface area contributed by atoms with E-state index < -0.39 is 5.97 Å². The zero-order chi connectivity index (χ0) is 16.2. The van der Waals surface area contributed by atoms with Crippen LogP contribution in [0.4, 0.5) is 5.69 Å². The highest BCUT2D eigenvalue weighted by Crippen LogP contribution is 2.31. The van der Waals surface area contributed by atoms with E-state index >= 15 is 0 Å². The molecule has 0 bridgehead atoms. The number of aryl methyl sites for hydroxylation is 1. The van der Waals surface area contributed by atoms with Gasteiger partial charge in [0.2, 0.25) is 0 Å². The Kier molecular flexibility index (Phi) is 4.10. The van der Waals surface area contributed by atoms with Gasteiger partial charge in [-0.05, 0) is 30.7 Å². The summed E-state index contributed by atoms with van der Waals surface area (Å²) < 4.78 is 10.5. The molecule has 2 aromatic rings. The first-order chi connectivity index (χ1) is 11.1. The summed E-state index contributed by atoms with van der Waals surface area (Å²) in [6.45, 7) is 1.99. The van der Waals surface area contributed by atoms with Crippen LogP contribution in [0, 0.1) is 6.92 Å². The van der Waals surface area contributed by atoms with Crippen LogP contribution in [0.25, 0.3) is 6.08 Å². The maximum Gasteiger partial charge on any atom is 0.336 e. The Bertz CT molecular complexity index is 778. The van der Waals surface area contributed by atoms with E-state index in [1.807, 2.05) is 31.2 Å². The zero-order valence-electron chi connectivity index (χ0n) is 12.5. The Balaban J connectivity index is 1.67. The van der Waals surface area contributed by atoms with Crippen molar-refractivity contribution < 1.29 is 19.1 Å². The Morgan fingerprint density at radius 2 is 2.00 bits per heavy atom. The quantitative estimate of drug-likeness (QED) is 0.538. The minimum absolute atomic E-state index is 0.00851. The lowest BCUT2D eigenvalue weighted by Crippen LogP contribution is -2.25. The highest BCUT2D eigenvalue weighted by atomic mass is 16.5. The maximum atomic E-state index is 11.9. The van der Waals surface area contributed by atoms with Crippen molar-refractivity contribution in [2.45, 2.75) is 6.92 Å². The van der Waals surface area contributed by atoms with Gasteiger partial charge in [0.25, 0.3) is 5.91 Å². The second-order valence-corrected chi connectivity index (χ2v) is 5.16. The number of benzene rings is 2. The molecule has 23 heavy (non-hydrogen) atoms. The third-order valence-corrected chi connectivity index (χ3v) is 3.29. The number of fused-ring (bicyclic) bond motifs is 1. The molecule has 5 nitrogen and oxygen atoms in total. The van der Waals surface area contributed by atoms with E-state index in [1.165, 1.54) is 6.08 Å². The number of anilines is 1. The molecule has 1 N–H and O–H groups in total. The van der Waals surface area contributed by atoms with Crippen LogP contribution in [0.2, 0.25) is 0 Å². The van der Waals surface area contributed by atoms with Gasteiger partial charge in [-0.25, -0.2) is 4.79 Å². The average Bonchev–Trinajstić information content (AvgIpc) is 2.54. The van der Waals surface area contributed by atoms with Crippen molar-refractivity contribution in [2.75, 3.05) is 11.9 Å². The van der Waals surface area contributed by atoms with Gasteiger partial charge in [0.1, 0.15) is 11.5 Å². The van der Waals surface area contributed by atoms with E-state index in [0.717, 1.165) is 11.1 Å². The lowest BCUT2D eigenvalue weighted by Gasteiger charge is -2.18. The third-order valence-electron chi connectivity index (χ3n) is 3.29. The summed E-state index contributed by atoms with van der Waals surface area (Å²) in [6, 6.07) is 12.6. The molecule has 116 valence electrons. The van der Waals surface area contributed by atoms with Gasteiger partial charge < -0.3 is 14.8 Å². The highest BCUT2D eigenvalue weighted by molar-refractivity contribution is 5.96. The maximum absolute atomic E-state index is 11.9. The predicted octanol–water partition coefficient (Wildman–Crippen LogP) is 2.94. The zero-order valence-corrected chi connectivity index (χ0v) is 12.5. The number of amides is 1. The highest BCUT2D eigenvalue weighted by Gasteiger charge is 2.16. The number of carbonyl (C=O) groups is 2. The smallest absolute Gasteiger partial charge is 0.336 e. The molecule has 0 atom stereocenters. The summed E-state index contributed by atoms with van der Waals surface area (Å²) in [5, 5.41) is 2.66. The van der Waals surface area contributed by atoms with E-state index in [2.05, 4.69) is 5.32 Å². The summed E-state index contributed by atoms with van der Waals surface area (Å²) >= 11 is 0. The Labute approximate surface area is 133 Å². The minimum atomic E-state index is -0.492. The van der Waals surface area contributed by atoms with Gasteiger partial charge in [-0.15, -0.1) is 0 Å². The Morgan fingerprint density at radius 3 is 2.78 bits per heavy atom. The number of hydrogen-bond donors (Lipinski definition) is 1. The van der Waals surface area contributed by atoms with Gasteiger partial charge >= 0.3 is 5.97 Å². The number of esters is 1. The predicted molar refractivity (Wildman–Crippen MR) is 86.4 cm³/mol. The van der Waals surface area contributed by atoms with Gasteiger partial charge in [0.05, 0.1) is 5.69 Å². The van der Waals surface area contributed by atoms with Crippen molar-refractivity contribution in [3.8, 4) is 11.5 Å². The van der Waals surface area contributed by atoms with Crippen molar-refractivity contribution in [3.63, 3.8) is 0 Å². The molecular weight excluding hydrogens is 294 g/mol. The molecule has 1 heterocycles. The second kappa shape index (κ2) is 6.36. The molecule has 1 aliphatic heterocycles. The minimum Gasteiger partial charge on any atom is -0.482 e. The molecule has 3 rings (SSSR count). The molecule has 5 heteroatoms. The van der Waals surface area contributed by atoms with Crippen LogP contribution in [0.5, 0.6) is 11.5 Å². The molecule has 1 aliphatic rings. The molecule has 0 radical (unpaired) electrons. The molecular formula is C18H15NO4. The summed E-state index contributed by atoms with van der Waals surface area (Å²) in [6.07, 6.45) is 3.05. The number of hydrogen-bond acceptors (Lipinski definition) is 4. The normalized spacial score (nSPS) is 13.2. The monoisotopic (exact) mass is 309 g/mol.